The molecule has 3 aromatic carbocycles. The zero-order valence-electron chi connectivity index (χ0n) is 21.1. The largest absolute Gasteiger partial charge is 0.366 e. The molecule has 0 saturated heterocycles. The third-order valence-corrected chi connectivity index (χ3v) is 6.64. The summed E-state index contributed by atoms with van der Waals surface area (Å²) < 4.78 is 2.02. The number of nitrogens with zero attached hydrogens (tertiary/aromatic N) is 2. The summed E-state index contributed by atoms with van der Waals surface area (Å²) in [7, 11) is 0. The van der Waals surface area contributed by atoms with Gasteiger partial charge in [-0.2, -0.15) is 5.10 Å². The molecular formula is C30H35N3O. The van der Waals surface area contributed by atoms with E-state index in [1.165, 1.54) is 22.3 Å². The van der Waals surface area contributed by atoms with E-state index in [1.807, 2.05) is 22.9 Å². The average molecular weight is 454 g/mol. The lowest BCUT2D eigenvalue weighted by Crippen LogP contribution is -2.20. The molecule has 4 nitrogen and oxygen atoms in total. The van der Waals surface area contributed by atoms with Gasteiger partial charge in [-0.25, -0.2) is 0 Å². The van der Waals surface area contributed by atoms with Gasteiger partial charge < -0.3 is 5.73 Å². The maximum atomic E-state index is 12.1. The lowest BCUT2D eigenvalue weighted by Gasteiger charge is -2.22. The van der Waals surface area contributed by atoms with Gasteiger partial charge in [-0.3, -0.25) is 9.48 Å². The molecule has 0 spiro atoms. The van der Waals surface area contributed by atoms with E-state index in [9.17, 15) is 4.79 Å². The third kappa shape index (κ3) is 4.63. The van der Waals surface area contributed by atoms with Gasteiger partial charge in [0.05, 0.1) is 11.6 Å². The van der Waals surface area contributed by atoms with Crippen LogP contribution >= 0.6 is 0 Å². The molecule has 4 heteroatoms. The molecule has 0 aliphatic carbocycles. The Morgan fingerprint density at radius 3 is 2.29 bits per heavy atom. The van der Waals surface area contributed by atoms with Gasteiger partial charge in [-0.1, -0.05) is 83.1 Å². The number of carbonyl (C=O) groups is 1. The van der Waals surface area contributed by atoms with Crippen molar-refractivity contribution in [2.24, 2.45) is 11.7 Å². The van der Waals surface area contributed by atoms with Crippen molar-refractivity contribution in [2.75, 3.05) is 0 Å². The highest BCUT2D eigenvalue weighted by atomic mass is 16.1. The van der Waals surface area contributed by atoms with Crippen molar-refractivity contribution in [1.29, 1.82) is 0 Å². The van der Waals surface area contributed by atoms with Crippen LogP contribution in [0.5, 0.6) is 0 Å². The van der Waals surface area contributed by atoms with Crippen molar-refractivity contribution >= 4 is 16.8 Å². The number of rotatable bonds is 6. The topological polar surface area (TPSA) is 60.9 Å². The molecule has 176 valence electrons. The van der Waals surface area contributed by atoms with Gasteiger partial charge >= 0.3 is 0 Å². The van der Waals surface area contributed by atoms with Crippen molar-refractivity contribution in [3.63, 3.8) is 0 Å². The Bertz CT molecular complexity index is 1320. The summed E-state index contributed by atoms with van der Waals surface area (Å²) in [6, 6.07) is 20.7. The van der Waals surface area contributed by atoms with E-state index in [4.69, 9.17) is 10.8 Å². The summed E-state index contributed by atoms with van der Waals surface area (Å²) in [6.45, 7) is 13.2. The van der Waals surface area contributed by atoms with Gasteiger partial charge in [0.25, 0.3) is 0 Å². The van der Waals surface area contributed by atoms with E-state index in [0.29, 0.717) is 11.5 Å². The number of nitrogens with two attached hydrogens (primary N) is 1. The van der Waals surface area contributed by atoms with Gasteiger partial charge in [0.2, 0.25) is 5.91 Å². The number of primary amides is 1. The first kappa shape index (κ1) is 23.7. The summed E-state index contributed by atoms with van der Waals surface area (Å²) >= 11 is 0. The normalized spacial score (nSPS) is 12.9. The van der Waals surface area contributed by atoms with E-state index in [-0.39, 0.29) is 11.5 Å². The van der Waals surface area contributed by atoms with Crippen LogP contribution < -0.4 is 5.73 Å². The maximum Gasteiger partial charge on any atom is 0.249 e. The number of benzene rings is 3. The Hall–Kier alpha value is -3.40. The molecule has 0 saturated carbocycles. The Morgan fingerprint density at radius 2 is 1.68 bits per heavy atom. The number of hydrogen-bond acceptors (Lipinski definition) is 2. The van der Waals surface area contributed by atoms with E-state index in [1.54, 1.807) is 6.07 Å². The highest BCUT2D eigenvalue weighted by molar-refractivity contribution is 5.94. The van der Waals surface area contributed by atoms with Crippen molar-refractivity contribution in [3.8, 4) is 11.1 Å². The molecular weight excluding hydrogens is 418 g/mol. The molecule has 34 heavy (non-hydrogen) atoms. The number of hydrogen-bond donors (Lipinski definition) is 1. The first-order chi connectivity index (χ1) is 16.1. The second kappa shape index (κ2) is 9.09. The Morgan fingerprint density at radius 1 is 1.00 bits per heavy atom. The van der Waals surface area contributed by atoms with Crippen LogP contribution in [0, 0.1) is 12.8 Å². The molecule has 2 N–H and O–H groups in total. The molecule has 1 unspecified atom stereocenters. The van der Waals surface area contributed by atoms with Crippen molar-refractivity contribution in [1.82, 2.24) is 9.78 Å². The van der Waals surface area contributed by atoms with Crippen molar-refractivity contribution in [2.45, 2.75) is 59.4 Å². The van der Waals surface area contributed by atoms with E-state index in [2.05, 4.69) is 84.1 Å². The van der Waals surface area contributed by atoms with Gasteiger partial charge in [-0.05, 0) is 64.6 Å². The Balaban J connectivity index is 1.80. The SMILES string of the molecule is Cc1c(-c2ccc(C(C)(C)C)cc2)ccc2nn(C(CC(C)C)c3ccccc3C(N)=O)cc12. The number of aromatic nitrogens is 2. The average Bonchev–Trinajstić information content (AvgIpc) is 3.22. The fourth-order valence-electron chi connectivity index (χ4n) is 4.71. The molecule has 1 atom stereocenters. The molecule has 1 aromatic heterocycles. The lowest BCUT2D eigenvalue weighted by atomic mass is 9.86. The summed E-state index contributed by atoms with van der Waals surface area (Å²) in [5, 5.41) is 6.08. The quantitative estimate of drug-likeness (QED) is 0.340. The summed E-state index contributed by atoms with van der Waals surface area (Å²) in [5.41, 5.74) is 13.2. The zero-order chi connectivity index (χ0) is 24.6. The first-order valence-corrected chi connectivity index (χ1v) is 12.0. The zero-order valence-corrected chi connectivity index (χ0v) is 21.1. The second-order valence-electron chi connectivity index (χ2n) is 10.7. The molecule has 4 rings (SSSR count). The van der Waals surface area contributed by atoms with Crippen LogP contribution in [0.25, 0.3) is 22.0 Å². The van der Waals surface area contributed by atoms with E-state index >= 15 is 0 Å². The molecule has 0 radical (unpaired) electrons. The predicted molar refractivity (Wildman–Crippen MR) is 141 cm³/mol. The minimum Gasteiger partial charge on any atom is -0.366 e. The maximum absolute atomic E-state index is 12.1. The Kier molecular flexibility index (Phi) is 6.35. The Labute approximate surface area is 202 Å². The van der Waals surface area contributed by atoms with Crippen LogP contribution in [0.3, 0.4) is 0 Å². The van der Waals surface area contributed by atoms with Crippen LogP contribution in [0.4, 0.5) is 0 Å². The van der Waals surface area contributed by atoms with Crippen molar-refractivity contribution < 1.29 is 4.79 Å². The summed E-state index contributed by atoms with van der Waals surface area (Å²) in [6.07, 6.45) is 2.99. The summed E-state index contributed by atoms with van der Waals surface area (Å²) in [5.74, 6) is 0.0227. The van der Waals surface area contributed by atoms with Crippen LogP contribution in [0.1, 0.15) is 74.1 Å². The molecule has 4 aromatic rings. The number of aryl methyl sites for hydroxylation is 1. The molecule has 1 amide bonds. The summed E-state index contributed by atoms with van der Waals surface area (Å²) in [4.78, 5) is 12.1. The highest BCUT2D eigenvalue weighted by Crippen LogP contribution is 2.34. The van der Waals surface area contributed by atoms with Gasteiger partial charge in [0.1, 0.15) is 0 Å². The van der Waals surface area contributed by atoms with Crippen LogP contribution in [-0.2, 0) is 5.41 Å². The van der Waals surface area contributed by atoms with Gasteiger partial charge in [-0.15, -0.1) is 0 Å². The minimum atomic E-state index is -0.404. The van der Waals surface area contributed by atoms with Gasteiger partial charge in [0.15, 0.2) is 0 Å². The molecule has 0 fully saturated rings. The standard InChI is InChI=1S/C30H35N3O/c1-19(2)17-28(24-9-7-8-10-25(24)29(31)34)33-18-26-20(3)23(15-16-27(26)32-33)21-11-13-22(14-12-21)30(4,5)6/h7-16,18-19,28H,17H2,1-6H3,(H2,31,34). The lowest BCUT2D eigenvalue weighted by molar-refractivity contribution is 0.0998. The van der Waals surface area contributed by atoms with Crippen LogP contribution in [0.15, 0.2) is 66.9 Å². The highest BCUT2D eigenvalue weighted by Gasteiger charge is 2.23. The first-order valence-electron chi connectivity index (χ1n) is 12.0. The number of carbonyl (C=O) groups excluding carboxylic acids is 1. The molecule has 0 aliphatic heterocycles. The number of fused-ring (bicyclic) bond motifs is 1. The van der Waals surface area contributed by atoms with Crippen LogP contribution in [0.2, 0.25) is 0 Å². The third-order valence-electron chi connectivity index (χ3n) is 6.64. The fraction of sp³-hybridized carbons (Fsp3) is 0.333. The van der Waals surface area contributed by atoms with E-state index in [0.717, 1.165) is 22.9 Å². The minimum absolute atomic E-state index is 0.0648. The van der Waals surface area contributed by atoms with Crippen LogP contribution in [-0.4, -0.2) is 15.7 Å². The molecule has 0 aliphatic rings. The van der Waals surface area contributed by atoms with Gasteiger partial charge in [0, 0.05) is 17.1 Å². The predicted octanol–water partition coefficient (Wildman–Crippen LogP) is 7.04. The smallest absolute Gasteiger partial charge is 0.249 e. The van der Waals surface area contributed by atoms with Crippen molar-refractivity contribution in [3.05, 3.63) is 89.1 Å². The fourth-order valence-corrected chi connectivity index (χ4v) is 4.71. The van der Waals surface area contributed by atoms with E-state index < -0.39 is 5.91 Å². The molecule has 1 heterocycles. The number of amides is 1. The monoisotopic (exact) mass is 453 g/mol. The molecule has 0 bridgehead atoms. The second-order valence-corrected chi connectivity index (χ2v) is 10.7.